The number of unbranched alkanes of at least 4 members (excludes halogenated alkanes) is 11. The van der Waals surface area contributed by atoms with Gasteiger partial charge in [-0.05, 0) is 38.5 Å². The minimum atomic E-state index is -0.914. The molecule has 0 amide bonds. The summed E-state index contributed by atoms with van der Waals surface area (Å²) in [6.45, 7) is 4.03. The van der Waals surface area contributed by atoms with Crippen molar-refractivity contribution in [2.24, 2.45) is 0 Å². The van der Waals surface area contributed by atoms with Crippen LogP contribution >= 0.6 is 0 Å². The van der Waals surface area contributed by atoms with Crippen molar-refractivity contribution >= 4 is 5.97 Å². The molecule has 0 radical (unpaired) electrons. The second kappa shape index (κ2) is 19.9. The van der Waals surface area contributed by atoms with E-state index in [1.807, 2.05) is 21.1 Å². The Morgan fingerprint density at radius 1 is 0.852 bits per heavy atom. The molecule has 0 spiro atoms. The number of hydrogen-bond acceptors (Lipinski definition) is 3. The van der Waals surface area contributed by atoms with Gasteiger partial charge < -0.3 is 19.5 Å². The number of carbonyl (C=O) groups excluding carboxylic acids is 1. The highest BCUT2D eigenvalue weighted by molar-refractivity contribution is 5.63. The van der Waals surface area contributed by atoms with Gasteiger partial charge in [-0.3, -0.25) is 0 Å². The molecule has 4 nitrogen and oxygen atoms in total. The summed E-state index contributed by atoms with van der Waals surface area (Å²) >= 11 is 0. The maximum Gasteiger partial charge on any atom is 0.187 e. The molecule has 0 aliphatic rings. The standard InChI is InChI=1S/C18H34O2.C5H14NO/c1-2-3-4-5-6-7-8-9-10-11-12-13-14-15-16-17-18(19)20;1-5(7)6(2,3)4/h9-10H,2-8,11-17H2,1H3,(H,19,20);5,7H,1-4H3/q;+1/p-1/b10-9-;. The van der Waals surface area contributed by atoms with Gasteiger partial charge >= 0.3 is 0 Å². The predicted molar refractivity (Wildman–Crippen MR) is 114 cm³/mol. The molecular formula is C23H47NO3. The molecule has 1 N–H and O–H groups in total. The first-order chi connectivity index (χ1) is 12.7. The van der Waals surface area contributed by atoms with Crippen LogP contribution in [-0.2, 0) is 4.79 Å². The number of hydrogen-bond donors (Lipinski definition) is 1. The van der Waals surface area contributed by atoms with Crippen molar-refractivity contribution in [1.82, 2.24) is 0 Å². The van der Waals surface area contributed by atoms with E-state index in [4.69, 9.17) is 5.11 Å². The average Bonchev–Trinajstić information content (AvgIpc) is 2.57. The number of rotatable bonds is 16. The fourth-order valence-electron chi connectivity index (χ4n) is 2.34. The van der Waals surface area contributed by atoms with Crippen LogP contribution in [0.2, 0.25) is 0 Å². The van der Waals surface area contributed by atoms with Gasteiger partial charge in [-0.25, -0.2) is 0 Å². The summed E-state index contributed by atoms with van der Waals surface area (Å²) in [6, 6.07) is 0. The topological polar surface area (TPSA) is 60.4 Å². The van der Waals surface area contributed by atoms with Crippen molar-refractivity contribution in [1.29, 1.82) is 0 Å². The SMILES string of the molecule is CC(O)[N+](C)(C)C.CCCCCCCC/C=C\CCCCCCCC(=O)[O-]. The van der Waals surface area contributed by atoms with Crippen molar-refractivity contribution < 1.29 is 19.5 Å². The van der Waals surface area contributed by atoms with E-state index in [1.54, 1.807) is 6.92 Å². The number of aliphatic hydroxyl groups is 1. The van der Waals surface area contributed by atoms with Gasteiger partial charge in [0, 0.05) is 12.9 Å². The van der Waals surface area contributed by atoms with E-state index in [-0.39, 0.29) is 12.6 Å². The van der Waals surface area contributed by atoms with Crippen LogP contribution in [0.3, 0.4) is 0 Å². The lowest BCUT2D eigenvalue weighted by atomic mass is 10.1. The van der Waals surface area contributed by atoms with Crippen LogP contribution in [-0.4, -0.2) is 42.9 Å². The van der Waals surface area contributed by atoms with Crippen LogP contribution < -0.4 is 5.11 Å². The van der Waals surface area contributed by atoms with Crippen molar-refractivity contribution in [2.75, 3.05) is 21.1 Å². The van der Waals surface area contributed by atoms with Gasteiger partial charge in [-0.1, -0.05) is 70.4 Å². The summed E-state index contributed by atoms with van der Waals surface area (Å²) in [5.74, 6) is -0.914. The molecule has 0 bridgehead atoms. The molecule has 0 aromatic rings. The number of carboxylic acids is 1. The van der Waals surface area contributed by atoms with Gasteiger partial charge in [0.05, 0.1) is 21.1 Å². The number of carbonyl (C=O) groups is 1. The fourth-order valence-corrected chi connectivity index (χ4v) is 2.34. The Bertz CT molecular complexity index is 346. The van der Waals surface area contributed by atoms with E-state index >= 15 is 0 Å². The van der Waals surface area contributed by atoms with Crippen LogP contribution in [0.25, 0.3) is 0 Å². The zero-order chi connectivity index (χ0) is 21.0. The minimum absolute atomic E-state index is 0.220. The van der Waals surface area contributed by atoms with Crippen LogP contribution in [0.4, 0.5) is 0 Å². The molecule has 27 heavy (non-hydrogen) atoms. The first-order valence-electron chi connectivity index (χ1n) is 11.1. The number of aliphatic carboxylic acids is 1. The average molecular weight is 386 g/mol. The molecule has 0 aromatic carbocycles. The third-order valence-corrected chi connectivity index (χ3v) is 4.76. The maximum absolute atomic E-state index is 10.2. The summed E-state index contributed by atoms with van der Waals surface area (Å²) in [4.78, 5) is 10.2. The Balaban J connectivity index is 0. The number of carboxylic acid groups (broad SMARTS) is 1. The lowest BCUT2D eigenvalue weighted by Crippen LogP contribution is -2.42. The molecule has 1 atom stereocenters. The summed E-state index contributed by atoms with van der Waals surface area (Å²) in [6.07, 6.45) is 20.6. The summed E-state index contributed by atoms with van der Waals surface area (Å²) in [5.41, 5.74) is 0. The Morgan fingerprint density at radius 3 is 1.59 bits per heavy atom. The highest BCUT2D eigenvalue weighted by Crippen LogP contribution is 2.09. The van der Waals surface area contributed by atoms with Gasteiger partial charge in [0.25, 0.3) is 0 Å². The van der Waals surface area contributed by atoms with Crippen LogP contribution in [0, 0.1) is 0 Å². The Kier molecular flexibility index (Phi) is 20.9. The molecule has 0 rings (SSSR count). The number of allylic oxidation sites excluding steroid dienone is 2. The molecular weight excluding hydrogens is 338 g/mol. The highest BCUT2D eigenvalue weighted by Gasteiger charge is 2.12. The van der Waals surface area contributed by atoms with E-state index in [2.05, 4.69) is 19.1 Å². The van der Waals surface area contributed by atoms with Crippen molar-refractivity contribution in [3.63, 3.8) is 0 Å². The van der Waals surface area contributed by atoms with E-state index < -0.39 is 5.97 Å². The Labute approximate surface area is 169 Å². The molecule has 0 saturated carbocycles. The summed E-state index contributed by atoms with van der Waals surface area (Å²) < 4.78 is 0.611. The van der Waals surface area contributed by atoms with Crippen molar-refractivity contribution in [3.05, 3.63) is 12.2 Å². The van der Waals surface area contributed by atoms with Gasteiger partial charge in [0.1, 0.15) is 0 Å². The minimum Gasteiger partial charge on any atom is -0.550 e. The second-order valence-electron chi connectivity index (χ2n) is 8.45. The van der Waals surface area contributed by atoms with Crippen LogP contribution in [0.1, 0.15) is 104 Å². The first-order valence-corrected chi connectivity index (χ1v) is 11.1. The number of quaternary nitrogens is 1. The molecule has 0 fully saturated rings. The molecule has 0 heterocycles. The summed E-state index contributed by atoms with van der Waals surface area (Å²) in [7, 11) is 5.85. The van der Waals surface area contributed by atoms with E-state index in [9.17, 15) is 9.90 Å². The zero-order valence-corrected chi connectivity index (χ0v) is 18.8. The molecule has 0 aromatic heterocycles. The number of nitrogens with zero attached hydrogens (tertiary/aromatic N) is 1. The summed E-state index contributed by atoms with van der Waals surface area (Å²) in [5, 5.41) is 19.1. The number of aliphatic hydroxyl groups excluding tert-OH is 1. The maximum atomic E-state index is 10.2. The van der Waals surface area contributed by atoms with Crippen molar-refractivity contribution in [3.8, 4) is 0 Å². The Morgan fingerprint density at radius 2 is 1.22 bits per heavy atom. The fraction of sp³-hybridized carbons (Fsp3) is 0.870. The lowest BCUT2D eigenvalue weighted by Gasteiger charge is -2.26. The Hall–Kier alpha value is -0.870. The molecule has 162 valence electrons. The van der Waals surface area contributed by atoms with E-state index in [0.29, 0.717) is 4.48 Å². The molecule has 1 unspecified atom stereocenters. The largest absolute Gasteiger partial charge is 0.550 e. The van der Waals surface area contributed by atoms with Gasteiger partial charge in [-0.15, -0.1) is 0 Å². The lowest BCUT2D eigenvalue weighted by molar-refractivity contribution is -0.916. The smallest absolute Gasteiger partial charge is 0.187 e. The second-order valence-corrected chi connectivity index (χ2v) is 8.45. The zero-order valence-electron chi connectivity index (χ0n) is 18.8. The molecule has 4 heteroatoms. The third-order valence-electron chi connectivity index (χ3n) is 4.76. The quantitative estimate of drug-likeness (QED) is 0.180. The monoisotopic (exact) mass is 385 g/mol. The normalized spacial score (nSPS) is 12.7. The van der Waals surface area contributed by atoms with Gasteiger partial charge in [0.2, 0.25) is 0 Å². The van der Waals surface area contributed by atoms with E-state index in [0.717, 1.165) is 19.3 Å². The third kappa shape index (κ3) is 27.5. The van der Waals surface area contributed by atoms with Gasteiger partial charge in [0.15, 0.2) is 6.23 Å². The predicted octanol–water partition coefficient (Wildman–Crippen LogP) is 4.80. The molecule has 0 aliphatic carbocycles. The first kappa shape index (κ1) is 28.3. The van der Waals surface area contributed by atoms with Crippen molar-refractivity contribution in [2.45, 2.75) is 110 Å². The highest BCUT2D eigenvalue weighted by atomic mass is 16.4. The van der Waals surface area contributed by atoms with Crippen LogP contribution in [0.15, 0.2) is 12.2 Å². The molecule has 0 saturated heterocycles. The van der Waals surface area contributed by atoms with Crippen LogP contribution in [0.5, 0.6) is 0 Å². The van der Waals surface area contributed by atoms with E-state index in [1.165, 1.54) is 64.2 Å². The molecule has 0 aliphatic heterocycles. The van der Waals surface area contributed by atoms with Gasteiger partial charge in [-0.2, -0.15) is 0 Å².